The zero-order valence-electron chi connectivity index (χ0n) is 19.4. The standard InChI is InChI=1S/C24H36N4O3/c1-19-6-8-20(9-7-19)23-25-21(31-26-23)10-13-28(22(29)18-24(2,3)4)12-5-11-27-14-16-30-17-15-27/h6-9H,5,10-18H2,1-4H3. The highest BCUT2D eigenvalue weighted by Gasteiger charge is 2.22. The van der Waals surface area contributed by atoms with E-state index in [-0.39, 0.29) is 11.3 Å². The van der Waals surface area contributed by atoms with Crippen LogP contribution in [0, 0.1) is 12.3 Å². The van der Waals surface area contributed by atoms with E-state index in [2.05, 4.69) is 35.8 Å². The fourth-order valence-corrected chi connectivity index (χ4v) is 3.64. The molecular weight excluding hydrogens is 392 g/mol. The molecular formula is C24H36N4O3. The van der Waals surface area contributed by atoms with Crippen LogP contribution in [0.3, 0.4) is 0 Å². The van der Waals surface area contributed by atoms with Crippen LogP contribution in [0.25, 0.3) is 11.4 Å². The minimum absolute atomic E-state index is 0.0390. The van der Waals surface area contributed by atoms with Crippen LogP contribution in [0.1, 0.15) is 45.1 Å². The van der Waals surface area contributed by atoms with Crippen LogP contribution in [-0.4, -0.2) is 71.8 Å². The van der Waals surface area contributed by atoms with E-state index in [0.717, 1.165) is 51.4 Å². The number of carbonyl (C=O) groups is 1. The van der Waals surface area contributed by atoms with Gasteiger partial charge in [-0.05, 0) is 18.8 Å². The highest BCUT2D eigenvalue weighted by Crippen LogP contribution is 2.21. The maximum Gasteiger partial charge on any atom is 0.228 e. The van der Waals surface area contributed by atoms with Crippen molar-refractivity contribution >= 4 is 5.91 Å². The van der Waals surface area contributed by atoms with E-state index in [1.54, 1.807) is 0 Å². The van der Waals surface area contributed by atoms with Gasteiger partial charge in [-0.15, -0.1) is 0 Å². The molecule has 1 aromatic heterocycles. The number of hydrogen-bond donors (Lipinski definition) is 0. The van der Waals surface area contributed by atoms with E-state index < -0.39 is 0 Å². The van der Waals surface area contributed by atoms with Crippen molar-refractivity contribution in [3.05, 3.63) is 35.7 Å². The fraction of sp³-hybridized carbons (Fsp3) is 0.625. The van der Waals surface area contributed by atoms with E-state index in [4.69, 9.17) is 9.26 Å². The van der Waals surface area contributed by atoms with Crippen molar-refractivity contribution in [1.29, 1.82) is 0 Å². The van der Waals surface area contributed by atoms with Gasteiger partial charge in [0.2, 0.25) is 17.6 Å². The highest BCUT2D eigenvalue weighted by atomic mass is 16.5. The topological polar surface area (TPSA) is 71.7 Å². The average molecular weight is 429 g/mol. The third kappa shape index (κ3) is 7.74. The predicted molar refractivity (Wildman–Crippen MR) is 121 cm³/mol. The molecule has 7 nitrogen and oxygen atoms in total. The summed E-state index contributed by atoms with van der Waals surface area (Å²) in [6.07, 6.45) is 2.05. The summed E-state index contributed by atoms with van der Waals surface area (Å²) in [7, 11) is 0. The molecule has 2 heterocycles. The highest BCUT2D eigenvalue weighted by molar-refractivity contribution is 5.76. The van der Waals surface area contributed by atoms with Crippen molar-refractivity contribution in [2.75, 3.05) is 45.9 Å². The van der Waals surface area contributed by atoms with Gasteiger partial charge in [0, 0.05) is 51.1 Å². The molecule has 7 heteroatoms. The maximum absolute atomic E-state index is 12.9. The lowest BCUT2D eigenvalue weighted by Crippen LogP contribution is -2.40. The zero-order valence-corrected chi connectivity index (χ0v) is 19.4. The lowest BCUT2D eigenvalue weighted by molar-refractivity contribution is -0.133. The molecule has 0 unspecified atom stereocenters. The summed E-state index contributed by atoms with van der Waals surface area (Å²) in [5.74, 6) is 1.35. The summed E-state index contributed by atoms with van der Waals surface area (Å²) in [6.45, 7) is 14.2. The fourth-order valence-electron chi connectivity index (χ4n) is 3.64. The molecule has 1 aromatic carbocycles. The number of benzene rings is 1. The SMILES string of the molecule is Cc1ccc(-c2noc(CCN(CCCN3CCOCC3)C(=O)CC(C)(C)C)n2)cc1. The maximum atomic E-state index is 12.9. The van der Waals surface area contributed by atoms with Gasteiger partial charge in [0.1, 0.15) is 0 Å². The van der Waals surface area contributed by atoms with E-state index >= 15 is 0 Å². The second kappa shape index (κ2) is 10.9. The van der Waals surface area contributed by atoms with Crippen LogP contribution in [0.4, 0.5) is 0 Å². The number of rotatable bonds is 9. The Balaban J connectivity index is 1.56. The van der Waals surface area contributed by atoms with Gasteiger partial charge in [0.05, 0.1) is 13.2 Å². The molecule has 1 aliphatic rings. The second-order valence-electron chi connectivity index (χ2n) is 9.55. The number of aryl methyl sites for hydroxylation is 1. The molecule has 0 radical (unpaired) electrons. The van der Waals surface area contributed by atoms with Crippen molar-refractivity contribution in [3.8, 4) is 11.4 Å². The van der Waals surface area contributed by atoms with Gasteiger partial charge in [0.15, 0.2) is 0 Å². The molecule has 31 heavy (non-hydrogen) atoms. The molecule has 0 saturated carbocycles. The molecule has 1 fully saturated rings. The van der Waals surface area contributed by atoms with Crippen molar-refractivity contribution in [2.24, 2.45) is 5.41 Å². The molecule has 0 bridgehead atoms. The number of ether oxygens (including phenoxy) is 1. The Morgan fingerprint density at radius 1 is 1.13 bits per heavy atom. The Morgan fingerprint density at radius 2 is 1.84 bits per heavy atom. The first-order valence-electron chi connectivity index (χ1n) is 11.3. The monoisotopic (exact) mass is 428 g/mol. The van der Waals surface area contributed by atoms with Gasteiger partial charge in [0.25, 0.3) is 0 Å². The Morgan fingerprint density at radius 3 is 2.52 bits per heavy atom. The molecule has 170 valence electrons. The van der Waals surface area contributed by atoms with Crippen molar-refractivity contribution in [1.82, 2.24) is 19.9 Å². The summed E-state index contributed by atoms with van der Waals surface area (Å²) in [6, 6.07) is 8.06. The minimum atomic E-state index is -0.0390. The van der Waals surface area contributed by atoms with Crippen LogP contribution in [0.2, 0.25) is 0 Å². The lowest BCUT2D eigenvalue weighted by Gasteiger charge is -2.29. The molecule has 0 aliphatic carbocycles. The van der Waals surface area contributed by atoms with Gasteiger partial charge in [-0.3, -0.25) is 9.69 Å². The summed E-state index contributed by atoms with van der Waals surface area (Å²) in [5, 5.41) is 4.11. The average Bonchev–Trinajstić information content (AvgIpc) is 3.19. The Labute approximate surface area is 185 Å². The number of aromatic nitrogens is 2. The van der Waals surface area contributed by atoms with Crippen molar-refractivity contribution < 1.29 is 14.1 Å². The first-order valence-corrected chi connectivity index (χ1v) is 11.3. The largest absolute Gasteiger partial charge is 0.379 e. The second-order valence-corrected chi connectivity index (χ2v) is 9.55. The Bertz CT molecular complexity index is 820. The first kappa shape index (κ1) is 23.4. The van der Waals surface area contributed by atoms with Crippen LogP contribution in [0.5, 0.6) is 0 Å². The minimum Gasteiger partial charge on any atom is -0.379 e. The van der Waals surface area contributed by atoms with Crippen LogP contribution in [0.15, 0.2) is 28.8 Å². The summed E-state index contributed by atoms with van der Waals surface area (Å²) in [5.41, 5.74) is 2.09. The van der Waals surface area contributed by atoms with Gasteiger partial charge in [-0.2, -0.15) is 4.98 Å². The zero-order chi connectivity index (χ0) is 22.3. The van der Waals surface area contributed by atoms with Crippen molar-refractivity contribution in [3.63, 3.8) is 0 Å². The van der Waals surface area contributed by atoms with E-state index in [1.165, 1.54) is 5.56 Å². The summed E-state index contributed by atoms with van der Waals surface area (Å²) < 4.78 is 10.9. The molecule has 2 aromatic rings. The Hall–Kier alpha value is -2.25. The number of carbonyl (C=O) groups excluding carboxylic acids is 1. The molecule has 0 atom stereocenters. The molecule has 3 rings (SSSR count). The molecule has 1 aliphatic heterocycles. The first-order chi connectivity index (χ1) is 14.8. The smallest absolute Gasteiger partial charge is 0.228 e. The van der Waals surface area contributed by atoms with E-state index in [9.17, 15) is 4.79 Å². The van der Waals surface area contributed by atoms with Gasteiger partial charge in [-0.1, -0.05) is 55.8 Å². The predicted octanol–water partition coefficient (Wildman–Crippen LogP) is 3.57. The third-order valence-corrected chi connectivity index (χ3v) is 5.41. The van der Waals surface area contributed by atoms with E-state index in [1.807, 2.05) is 36.1 Å². The molecule has 1 amide bonds. The summed E-state index contributed by atoms with van der Waals surface area (Å²) >= 11 is 0. The van der Waals surface area contributed by atoms with Gasteiger partial charge in [-0.25, -0.2) is 0 Å². The number of hydrogen-bond acceptors (Lipinski definition) is 6. The molecule has 0 spiro atoms. The van der Waals surface area contributed by atoms with Gasteiger partial charge < -0.3 is 14.2 Å². The normalized spacial score (nSPS) is 15.2. The van der Waals surface area contributed by atoms with Crippen molar-refractivity contribution in [2.45, 2.75) is 47.0 Å². The number of morpholine rings is 1. The molecule has 1 saturated heterocycles. The van der Waals surface area contributed by atoms with Crippen LogP contribution in [-0.2, 0) is 16.0 Å². The number of nitrogens with zero attached hydrogens (tertiary/aromatic N) is 4. The third-order valence-electron chi connectivity index (χ3n) is 5.41. The number of amides is 1. The Kier molecular flexibility index (Phi) is 8.21. The van der Waals surface area contributed by atoms with E-state index in [0.29, 0.717) is 31.1 Å². The summed E-state index contributed by atoms with van der Waals surface area (Å²) in [4.78, 5) is 21.8. The molecule has 0 N–H and O–H groups in total. The quantitative estimate of drug-likeness (QED) is 0.608. The van der Waals surface area contributed by atoms with Gasteiger partial charge >= 0.3 is 0 Å². The van der Waals surface area contributed by atoms with Crippen LogP contribution < -0.4 is 0 Å². The lowest BCUT2D eigenvalue weighted by atomic mass is 9.91. The van der Waals surface area contributed by atoms with Crippen LogP contribution >= 0.6 is 0 Å².